The number of nitrogens with zero attached hydrogens (tertiary/aromatic N) is 1. The van der Waals surface area contributed by atoms with E-state index < -0.39 is 0 Å². The molecule has 1 aromatic carbocycles. The molecule has 6 heteroatoms. The lowest BCUT2D eigenvalue weighted by atomic mass is 10.2. The summed E-state index contributed by atoms with van der Waals surface area (Å²) in [6.45, 7) is 7.68. The second-order valence-electron chi connectivity index (χ2n) is 6.64. The normalized spacial score (nSPS) is 17.1. The molecule has 1 saturated heterocycles. The van der Waals surface area contributed by atoms with Gasteiger partial charge in [-0.05, 0) is 56.6 Å². The largest absolute Gasteiger partial charge is 0.494 e. The zero-order chi connectivity index (χ0) is 18.8. The quantitative estimate of drug-likeness (QED) is 0.627. The molecule has 0 bridgehead atoms. The van der Waals surface area contributed by atoms with E-state index in [4.69, 9.17) is 4.74 Å². The average Bonchev–Trinajstić information content (AvgIpc) is 3.13. The Balaban J connectivity index is 1.69. The predicted molar refractivity (Wildman–Crippen MR) is 102 cm³/mol. The second kappa shape index (κ2) is 10.8. The van der Waals surface area contributed by atoms with Gasteiger partial charge < -0.3 is 15.4 Å². The van der Waals surface area contributed by atoms with Crippen LogP contribution in [0.4, 0.5) is 0 Å². The molecule has 2 N–H and O–H groups in total. The van der Waals surface area contributed by atoms with E-state index in [-0.39, 0.29) is 18.4 Å². The van der Waals surface area contributed by atoms with E-state index in [9.17, 15) is 9.59 Å². The SMILES string of the molecule is CCCCOc1ccc(C(=O)NCC(=O)NCC2CCCN2CC)cc1. The molecule has 2 rings (SSSR count). The molecule has 0 saturated carbocycles. The van der Waals surface area contributed by atoms with Crippen LogP contribution in [0.2, 0.25) is 0 Å². The summed E-state index contributed by atoms with van der Waals surface area (Å²) in [7, 11) is 0. The van der Waals surface area contributed by atoms with Gasteiger partial charge in [0.15, 0.2) is 0 Å². The van der Waals surface area contributed by atoms with E-state index in [0.717, 1.165) is 38.1 Å². The summed E-state index contributed by atoms with van der Waals surface area (Å²) in [6, 6.07) is 7.41. The molecule has 2 amide bonds. The summed E-state index contributed by atoms with van der Waals surface area (Å²) in [5, 5.41) is 5.58. The van der Waals surface area contributed by atoms with Gasteiger partial charge in [0.2, 0.25) is 5.91 Å². The monoisotopic (exact) mass is 361 g/mol. The van der Waals surface area contributed by atoms with Gasteiger partial charge in [-0.25, -0.2) is 0 Å². The first-order valence-electron chi connectivity index (χ1n) is 9.65. The van der Waals surface area contributed by atoms with E-state index in [1.54, 1.807) is 24.3 Å². The predicted octanol–water partition coefficient (Wildman–Crippen LogP) is 2.20. The molecular formula is C20H31N3O3. The number of nitrogens with one attached hydrogen (secondary N) is 2. The summed E-state index contributed by atoms with van der Waals surface area (Å²) >= 11 is 0. The number of rotatable bonds is 10. The molecule has 0 aromatic heterocycles. The Kier molecular flexibility index (Phi) is 8.41. The molecule has 0 spiro atoms. The minimum Gasteiger partial charge on any atom is -0.494 e. The van der Waals surface area contributed by atoms with Crippen molar-refractivity contribution < 1.29 is 14.3 Å². The van der Waals surface area contributed by atoms with Crippen LogP contribution in [0.3, 0.4) is 0 Å². The number of ether oxygens (including phenoxy) is 1. The number of benzene rings is 1. The molecule has 1 atom stereocenters. The summed E-state index contributed by atoms with van der Waals surface area (Å²) in [5.41, 5.74) is 0.522. The lowest BCUT2D eigenvalue weighted by molar-refractivity contribution is -0.120. The van der Waals surface area contributed by atoms with Crippen molar-refractivity contribution in [1.82, 2.24) is 15.5 Å². The van der Waals surface area contributed by atoms with Gasteiger partial charge in [0.05, 0.1) is 13.2 Å². The van der Waals surface area contributed by atoms with Gasteiger partial charge in [0.25, 0.3) is 5.91 Å². The Hall–Kier alpha value is -2.08. The summed E-state index contributed by atoms with van der Waals surface area (Å²) < 4.78 is 5.58. The van der Waals surface area contributed by atoms with Crippen molar-refractivity contribution in [1.29, 1.82) is 0 Å². The Morgan fingerprint density at radius 3 is 2.65 bits per heavy atom. The van der Waals surface area contributed by atoms with Crippen molar-refractivity contribution >= 4 is 11.8 Å². The number of hydrogen-bond donors (Lipinski definition) is 2. The summed E-state index contributed by atoms with van der Waals surface area (Å²) in [6.07, 6.45) is 4.39. The molecule has 1 unspecified atom stereocenters. The van der Waals surface area contributed by atoms with Crippen LogP contribution in [0.25, 0.3) is 0 Å². The molecule has 0 radical (unpaired) electrons. The maximum absolute atomic E-state index is 12.1. The highest BCUT2D eigenvalue weighted by Gasteiger charge is 2.23. The number of amides is 2. The van der Waals surface area contributed by atoms with E-state index in [1.165, 1.54) is 6.42 Å². The molecule has 1 aliphatic heterocycles. The molecule has 26 heavy (non-hydrogen) atoms. The van der Waals surface area contributed by atoms with E-state index in [2.05, 4.69) is 29.4 Å². The van der Waals surface area contributed by atoms with Crippen LogP contribution in [0, 0.1) is 0 Å². The fourth-order valence-corrected chi connectivity index (χ4v) is 3.14. The minimum absolute atomic E-state index is 0.00751. The molecule has 1 fully saturated rings. The minimum atomic E-state index is -0.253. The fourth-order valence-electron chi connectivity index (χ4n) is 3.14. The first-order chi connectivity index (χ1) is 12.6. The standard InChI is InChI=1S/C20H31N3O3/c1-3-5-13-26-18-10-8-16(9-11-18)20(25)22-15-19(24)21-14-17-7-6-12-23(17)4-2/h8-11,17H,3-7,12-15H2,1-2H3,(H,21,24)(H,22,25). The number of hydrogen-bond acceptors (Lipinski definition) is 4. The van der Waals surface area contributed by atoms with Crippen molar-refractivity contribution in [3.05, 3.63) is 29.8 Å². The number of likely N-dealkylation sites (tertiary alicyclic amines) is 1. The third-order valence-electron chi connectivity index (χ3n) is 4.73. The number of unbranched alkanes of at least 4 members (excludes halogenated alkanes) is 1. The third-order valence-corrected chi connectivity index (χ3v) is 4.73. The van der Waals surface area contributed by atoms with Crippen molar-refractivity contribution in [2.45, 2.75) is 45.6 Å². The highest BCUT2D eigenvalue weighted by Crippen LogP contribution is 2.15. The summed E-state index contributed by atoms with van der Waals surface area (Å²) in [5.74, 6) is 0.349. The zero-order valence-electron chi connectivity index (χ0n) is 15.9. The van der Waals surface area contributed by atoms with Crippen LogP contribution >= 0.6 is 0 Å². The maximum atomic E-state index is 12.1. The smallest absolute Gasteiger partial charge is 0.251 e. The van der Waals surface area contributed by atoms with Crippen LogP contribution in [0.1, 0.15) is 49.9 Å². The van der Waals surface area contributed by atoms with E-state index in [0.29, 0.717) is 24.8 Å². The van der Waals surface area contributed by atoms with Gasteiger partial charge >= 0.3 is 0 Å². The van der Waals surface area contributed by atoms with Gasteiger partial charge in [0.1, 0.15) is 5.75 Å². The van der Waals surface area contributed by atoms with Crippen molar-refractivity contribution in [3.63, 3.8) is 0 Å². The molecular weight excluding hydrogens is 330 g/mol. The molecule has 1 aliphatic rings. The lowest BCUT2D eigenvalue weighted by Crippen LogP contribution is -2.43. The van der Waals surface area contributed by atoms with Gasteiger partial charge in [0, 0.05) is 18.2 Å². The van der Waals surface area contributed by atoms with Crippen LogP contribution in [0.5, 0.6) is 5.75 Å². The zero-order valence-corrected chi connectivity index (χ0v) is 15.9. The average molecular weight is 361 g/mol. The Bertz CT molecular complexity index is 574. The molecule has 144 valence electrons. The lowest BCUT2D eigenvalue weighted by Gasteiger charge is -2.22. The topological polar surface area (TPSA) is 70.7 Å². The van der Waals surface area contributed by atoms with Gasteiger partial charge in [-0.15, -0.1) is 0 Å². The fraction of sp³-hybridized carbons (Fsp3) is 0.600. The first-order valence-corrected chi connectivity index (χ1v) is 9.65. The molecule has 1 heterocycles. The van der Waals surface area contributed by atoms with Crippen LogP contribution in [-0.4, -0.2) is 55.5 Å². The number of carbonyl (C=O) groups excluding carboxylic acids is 2. The van der Waals surface area contributed by atoms with Gasteiger partial charge in [-0.2, -0.15) is 0 Å². The molecule has 0 aliphatic carbocycles. The Morgan fingerprint density at radius 2 is 1.96 bits per heavy atom. The van der Waals surface area contributed by atoms with Gasteiger partial charge in [-0.1, -0.05) is 20.3 Å². The highest BCUT2D eigenvalue weighted by atomic mass is 16.5. The molecule has 1 aromatic rings. The van der Waals surface area contributed by atoms with E-state index >= 15 is 0 Å². The van der Waals surface area contributed by atoms with Crippen LogP contribution in [-0.2, 0) is 4.79 Å². The second-order valence-corrected chi connectivity index (χ2v) is 6.64. The molecule has 6 nitrogen and oxygen atoms in total. The first kappa shape index (κ1) is 20.2. The third kappa shape index (κ3) is 6.33. The van der Waals surface area contributed by atoms with Crippen LogP contribution < -0.4 is 15.4 Å². The number of carbonyl (C=O) groups is 2. The van der Waals surface area contributed by atoms with Crippen LogP contribution in [0.15, 0.2) is 24.3 Å². The number of likely N-dealkylation sites (N-methyl/N-ethyl adjacent to an activating group) is 1. The van der Waals surface area contributed by atoms with Crippen molar-refractivity contribution in [3.8, 4) is 5.75 Å². The Labute approximate surface area is 156 Å². The maximum Gasteiger partial charge on any atom is 0.251 e. The highest BCUT2D eigenvalue weighted by molar-refractivity contribution is 5.96. The van der Waals surface area contributed by atoms with Crippen molar-refractivity contribution in [2.75, 3.05) is 32.8 Å². The summed E-state index contributed by atoms with van der Waals surface area (Å²) in [4.78, 5) is 26.5. The van der Waals surface area contributed by atoms with Gasteiger partial charge in [-0.3, -0.25) is 14.5 Å². The van der Waals surface area contributed by atoms with Crippen molar-refractivity contribution in [2.24, 2.45) is 0 Å². The Morgan fingerprint density at radius 1 is 1.19 bits per heavy atom. The van der Waals surface area contributed by atoms with E-state index in [1.807, 2.05) is 0 Å².